The van der Waals surface area contributed by atoms with Gasteiger partial charge in [0.2, 0.25) is 0 Å². The lowest BCUT2D eigenvalue weighted by Crippen LogP contribution is -2.04. The molecule has 2 aliphatic rings. The lowest BCUT2D eigenvalue weighted by Gasteiger charge is -2.03. The van der Waals surface area contributed by atoms with Crippen LogP contribution in [0.4, 0.5) is 0 Å². The highest BCUT2D eigenvalue weighted by atomic mass is 16.5. The number of hydrogen-bond donors (Lipinski definition) is 0. The molecule has 50 valence electrons. The van der Waals surface area contributed by atoms with Crippen molar-refractivity contribution in [3.63, 3.8) is 0 Å². The molecule has 1 aliphatic carbocycles. The van der Waals surface area contributed by atoms with Crippen LogP contribution >= 0.6 is 0 Å². The topological polar surface area (TPSA) is 9.23 Å². The highest BCUT2D eigenvalue weighted by Crippen LogP contribution is 2.59. The minimum absolute atomic E-state index is 0.370. The molecule has 0 aromatic heterocycles. The standard InChI is InChI=1S/C8H12O/c1-3-7-6-4-8(6,2)5-9-7/h3,6-7H,1,4-5H2,2H3/t6-,7-,8+/m0/s1. The third kappa shape index (κ3) is 0.584. The minimum Gasteiger partial charge on any atom is -0.373 e. The molecule has 0 spiro atoms. The average Bonchev–Trinajstić information content (AvgIpc) is 2.39. The van der Waals surface area contributed by atoms with Gasteiger partial charge in [-0.2, -0.15) is 0 Å². The molecular formula is C8H12O. The summed E-state index contributed by atoms with van der Waals surface area (Å²) in [4.78, 5) is 0. The Kier molecular flexibility index (Phi) is 0.854. The van der Waals surface area contributed by atoms with Gasteiger partial charge in [0.25, 0.3) is 0 Å². The van der Waals surface area contributed by atoms with Crippen molar-refractivity contribution in [3.8, 4) is 0 Å². The Bertz CT molecular complexity index is 153. The van der Waals surface area contributed by atoms with Crippen LogP contribution in [0.15, 0.2) is 12.7 Å². The molecule has 0 radical (unpaired) electrons. The predicted octanol–water partition coefficient (Wildman–Crippen LogP) is 1.60. The van der Waals surface area contributed by atoms with E-state index >= 15 is 0 Å². The van der Waals surface area contributed by atoms with Crippen molar-refractivity contribution in [2.75, 3.05) is 6.61 Å². The Balaban J connectivity index is 2.12. The highest BCUT2D eigenvalue weighted by Gasteiger charge is 2.58. The van der Waals surface area contributed by atoms with Gasteiger partial charge in [0.1, 0.15) is 0 Å². The lowest BCUT2D eigenvalue weighted by molar-refractivity contribution is 0.104. The van der Waals surface area contributed by atoms with Gasteiger partial charge < -0.3 is 4.74 Å². The van der Waals surface area contributed by atoms with Crippen molar-refractivity contribution in [3.05, 3.63) is 12.7 Å². The largest absolute Gasteiger partial charge is 0.373 e. The average molecular weight is 124 g/mol. The Labute approximate surface area is 55.7 Å². The molecule has 9 heavy (non-hydrogen) atoms. The van der Waals surface area contributed by atoms with Crippen LogP contribution in [-0.4, -0.2) is 12.7 Å². The fraction of sp³-hybridized carbons (Fsp3) is 0.750. The summed E-state index contributed by atoms with van der Waals surface area (Å²) in [7, 11) is 0. The molecule has 0 unspecified atom stereocenters. The quantitative estimate of drug-likeness (QED) is 0.482. The second kappa shape index (κ2) is 1.40. The predicted molar refractivity (Wildman–Crippen MR) is 36.2 cm³/mol. The minimum atomic E-state index is 0.370. The number of fused-ring (bicyclic) bond motifs is 1. The van der Waals surface area contributed by atoms with E-state index in [0.29, 0.717) is 11.5 Å². The Morgan fingerprint density at radius 3 is 2.78 bits per heavy atom. The molecule has 0 bridgehead atoms. The van der Waals surface area contributed by atoms with Crippen LogP contribution < -0.4 is 0 Å². The molecule has 1 aliphatic heterocycles. The van der Waals surface area contributed by atoms with Gasteiger partial charge in [0.15, 0.2) is 0 Å². The monoisotopic (exact) mass is 124 g/mol. The normalized spacial score (nSPS) is 54.8. The third-order valence-electron chi connectivity index (χ3n) is 2.66. The molecule has 0 N–H and O–H groups in total. The first kappa shape index (κ1) is 5.48. The summed E-state index contributed by atoms with van der Waals surface area (Å²) < 4.78 is 5.45. The third-order valence-corrected chi connectivity index (χ3v) is 2.66. The summed E-state index contributed by atoms with van der Waals surface area (Å²) in [5, 5.41) is 0. The first-order valence-corrected chi connectivity index (χ1v) is 3.50. The number of rotatable bonds is 1. The van der Waals surface area contributed by atoms with Gasteiger partial charge >= 0.3 is 0 Å². The van der Waals surface area contributed by atoms with Crippen LogP contribution in [0.5, 0.6) is 0 Å². The van der Waals surface area contributed by atoms with Gasteiger partial charge in [0, 0.05) is 0 Å². The van der Waals surface area contributed by atoms with Crippen LogP contribution in [-0.2, 0) is 4.74 Å². The molecule has 0 aromatic rings. The second-order valence-electron chi connectivity index (χ2n) is 3.48. The Morgan fingerprint density at radius 2 is 2.56 bits per heavy atom. The first-order valence-electron chi connectivity index (χ1n) is 3.50. The molecule has 0 aromatic carbocycles. The lowest BCUT2D eigenvalue weighted by atomic mass is 10.1. The van der Waals surface area contributed by atoms with Crippen LogP contribution in [0.25, 0.3) is 0 Å². The van der Waals surface area contributed by atoms with E-state index in [1.165, 1.54) is 6.42 Å². The summed E-state index contributed by atoms with van der Waals surface area (Å²) in [6, 6.07) is 0. The number of hydrogen-bond acceptors (Lipinski definition) is 1. The van der Waals surface area contributed by atoms with Crippen molar-refractivity contribution < 1.29 is 4.74 Å². The molecule has 3 atom stereocenters. The van der Waals surface area contributed by atoms with E-state index in [1.54, 1.807) is 0 Å². The molecule has 1 saturated heterocycles. The molecule has 1 heterocycles. The molecule has 2 rings (SSSR count). The maximum atomic E-state index is 5.45. The SMILES string of the molecule is C=C[C@@H]1OC[C@@]2(C)C[C@@H]12. The maximum absolute atomic E-state index is 5.45. The molecule has 1 saturated carbocycles. The fourth-order valence-electron chi connectivity index (χ4n) is 1.76. The summed E-state index contributed by atoms with van der Waals surface area (Å²) in [6.07, 6.45) is 3.65. The zero-order valence-electron chi connectivity index (χ0n) is 5.76. The Hall–Kier alpha value is -0.300. The van der Waals surface area contributed by atoms with Crippen molar-refractivity contribution in [1.29, 1.82) is 0 Å². The molecular weight excluding hydrogens is 112 g/mol. The molecule has 1 heteroatoms. The number of ether oxygens (including phenoxy) is 1. The van der Waals surface area contributed by atoms with E-state index in [2.05, 4.69) is 13.5 Å². The van der Waals surface area contributed by atoms with Crippen molar-refractivity contribution in [1.82, 2.24) is 0 Å². The van der Waals surface area contributed by atoms with E-state index in [1.807, 2.05) is 6.08 Å². The van der Waals surface area contributed by atoms with Gasteiger partial charge in [-0.1, -0.05) is 13.0 Å². The van der Waals surface area contributed by atoms with E-state index in [-0.39, 0.29) is 0 Å². The zero-order valence-corrected chi connectivity index (χ0v) is 5.76. The summed E-state index contributed by atoms with van der Waals surface area (Å²) in [5.41, 5.74) is 0.541. The Morgan fingerprint density at radius 1 is 1.78 bits per heavy atom. The summed E-state index contributed by atoms with van der Waals surface area (Å²) in [5.74, 6) is 0.801. The maximum Gasteiger partial charge on any atom is 0.0787 e. The molecule has 0 amide bonds. The molecule has 2 fully saturated rings. The van der Waals surface area contributed by atoms with Crippen molar-refractivity contribution in [2.45, 2.75) is 19.4 Å². The van der Waals surface area contributed by atoms with Crippen LogP contribution in [0.1, 0.15) is 13.3 Å². The van der Waals surface area contributed by atoms with Gasteiger partial charge in [-0.3, -0.25) is 0 Å². The fourth-order valence-corrected chi connectivity index (χ4v) is 1.76. The van der Waals surface area contributed by atoms with Gasteiger partial charge in [-0.05, 0) is 17.8 Å². The van der Waals surface area contributed by atoms with E-state index in [9.17, 15) is 0 Å². The highest BCUT2D eigenvalue weighted by molar-refractivity contribution is 5.11. The summed E-state index contributed by atoms with van der Waals surface area (Å²) >= 11 is 0. The van der Waals surface area contributed by atoms with Gasteiger partial charge in [-0.25, -0.2) is 0 Å². The van der Waals surface area contributed by atoms with E-state index < -0.39 is 0 Å². The second-order valence-corrected chi connectivity index (χ2v) is 3.48. The van der Waals surface area contributed by atoms with E-state index in [0.717, 1.165) is 12.5 Å². The van der Waals surface area contributed by atoms with E-state index in [4.69, 9.17) is 4.74 Å². The van der Waals surface area contributed by atoms with Crippen LogP contribution in [0, 0.1) is 11.3 Å². The van der Waals surface area contributed by atoms with Crippen LogP contribution in [0.3, 0.4) is 0 Å². The van der Waals surface area contributed by atoms with Gasteiger partial charge in [-0.15, -0.1) is 6.58 Å². The summed E-state index contributed by atoms with van der Waals surface area (Å²) in [6.45, 7) is 6.97. The first-order chi connectivity index (χ1) is 4.26. The van der Waals surface area contributed by atoms with Crippen LogP contribution in [0.2, 0.25) is 0 Å². The van der Waals surface area contributed by atoms with Gasteiger partial charge in [0.05, 0.1) is 12.7 Å². The smallest absolute Gasteiger partial charge is 0.0787 e. The van der Waals surface area contributed by atoms with Crippen molar-refractivity contribution in [2.24, 2.45) is 11.3 Å². The molecule has 1 nitrogen and oxygen atoms in total. The van der Waals surface area contributed by atoms with Crippen molar-refractivity contribution >= 4 is 0 Å². The zero-order chi connectivity index (χ0) is 6.48.